The molecule has 1 aromatic carbocycles. The predicted molar refractivity (Wildman–Crippen MR) is 117 cm³/mol. The third-order valence-electron chi connectivity index (χ3n) is 4.13. The van der Waals surface area contributed by atoms with E-state index < -0.39 is 0 Å². The monoisotopic (exact) mass is 447 g/mol. The first-order chi connectivity index (χ1) is 14.8. The molecule has 1 N–H and O–H groups in total. The molecule has 0 radical (unpaired) electrons. The fraction of sp³-hybridized carbons (Fsp3) is 0.400. The second-order valence-corrected chi connectivity index (χ2v) is 7.33. The zero-order valence-electron chi connectivity index (χ0n) is 17.9. The van der Waals surface area contributed by atoms with Crippen LogP contribution in [0.5, 0.6) is 0 Å². The van der Waals surface area contributed by atoms with Crippen molar-refractivity contribution in [2.75, 3.05) is 37.5 Å². The summed E-state index contributed by atoms with van der Waals surface area (Å²) in [5, 5.41) is 13.5. The molecule has 2 aromatic rings. The number of aryl methyl sites for hydroxylation is 1. The third kappa shape index (κ3) is 7.78. The zero-order valence-corrected chi connectivity index (χ0v) is 18.7. The van der Waals surface area contributed by atoms with Crippen molar-refractivity contribution < 1.29 is 23.9 Å². The highest BCUT2D eigenvalue weighted by molar-refractivity contribution is 7.13. The van der Waals surface area contributed by atoms with Gasteiger partial charge < -0.3 is 19.7 Å². The molecule has 11 heteroatoms. The molecule has 31 heavy (non-hydrogen) atoms. The minimum atomic E-state index is -0.366. The van der Waals surface area contributed by atoms with Gasteiger partial charge in [-0.05, 0) is 25.1 Å². The van der Waals surface area contributed by atoms with E-state index in [1.165, 1.54) is 32.5 Å². The quantitative estimate of drug-likeness (QED) is 0.434. The third-order valence-corrected chi connectivity index (χ3v) is 4.98. The Labute approximate surface area is 184 Å². The molecule has 166 valence electrons. The summed E-state index contributed by atoms with van der Waals surface area (Å²) in [5.41, 5.74) is 2.44. The first kappa shape index (κ1) is 23.9. The molecule has 0 fully saturated rings. The van der Waals surface area contributed by atoms with E-state index in [9.17, 15) is 14.4 Å². The van der Waals surface area contributed by atoms with Gasteiger partial charge in [0.25, 0.3) is 0 Å². The smallest absolute Gasteiger partial charge is 0.307 e. The zero-order chi connectivity index (χ0) is 22.8. The van der Waals surface area contributed by atoms with E-state index in [0.29, 0.717) is 35.3 Å². The fourth-order valence-corrected chi connectivity index (χ4v) is 3.22. The number of esters is 2. The molecular formula is C20H25N5O5S. The lowest BCUT2D eigenvalue weighted by atomic mass is 10.2. The van der Waals surface area contributed by atoms with Gasteiger partial charge in [0.05, 0.1) is 38.4 Å². The number of thiazole rings is 1. The van der Waals surface area contributed by atoms with Crippen LogP contribution < -0.4 is 10.2 Å². The van der Waals surface area contributed by atoms with Crippen LogP contribution in [0.3, 0.4) is 0 Å². The SMILES string of the molecule is COC(=O)CCN(CCC(=O)OC)c1ccc(N=Nc2nc(C)cs2)c(NC(C)=O)c1. The molecule has 0 saturated carbocycles. The molecule has 0 aliphatic heterocycles. The van der Waals surface area contributed by atoms with Crippen molar-refractivity contribution in [3.63, 3.8) is 0 Å². The predicted octanol–water partition coefficient (Wildman–Crippen LogP) is 3.76. The summed E-state index contributed by atoms with van der Waals surface area (Å²) in [6, 6.07) is 5.20. The van der Waals surface area contributed by atoms with Gasteiger partial charge in [-0.3, -0.25) is 14.4 Å². The molecule has 2 rings (SSSR count). The van der Waals surface area contributed by atoms with Gasteiger partial charge in [0.2, 0.25) is 11.0 Å². The molecule has 1 heterocycles. The van der Waals surface area contributed by atoms with E-state index in [2.05, 4.69) is 20.5 Å². The van der Waals surface area contributed by atoms with Crippen LogP contribution in [0, 0.1) is 6.92 Å². The van der Waals surface area contributed by atoms with Gasteiger partial charge in [-0.25, -0.2) is 4.98 Å². The van der Waals surface area contributed by atoms with Gasteiger partial charge in [-0.1, -0.05) is 0 Å². The Morgan fingerprint density at radius 3 is 2.26 bits per heavy atom. The Morgan fingerprint density at radius 1 is 1.10 bits per heavy atom. The summed E-state index contributed by atoms with van der Waals surface area (Å²) < 4.78 is 9.42. The number of ether oxygens (including phenoxy) is 2. The van der Waals surface area contributed by atoms with Crippen LogP contribution in [0.15, 0.2) is 33.8 Å². The lowest BCUT2D eigenvalue weighted by Crippen LogP contribution is -2.29. The maximum atomic E-state index is 11.7. The van der Waals surface area contributed by atoms with E-state index in [-0.39, 0.29) is 30.7 Å². The van der Waals surface area contributed by atoms with Gasteiger partial charge in [0.1, 0.15) is 5.69 Å². The number of methoxy groups -OCH3 is 2. The summed E-state index contributed by atoms with van der Waals surface area (Å²) in [7, 11) is 2.64. The summed E-state index contributed by atoms with van der Waals surface area (Å²) in [6.07, 6.45) is 0.274. The standard InChI is InChI=1S/C20H25N5O5S/c1-13-12-31-20(21-13)24-23-16-6-5-15(11-17(16)22-14(2)26)25(9-7-18(27)29-3)10-8-19(28)30-4/h5-6,11-12H,7-10H2,1-4H3,(H,22,26). The summed E-state index contributed by atoms with van der Waals surface area (Å²) in [5.74, 6) is -1.00. The van der Waals surface area contributed by atoms with Gasteiger partial charge >= 0.3 is 11.9 Å². The van der Waals surface area contributed by atoms with Crippen LogP contribution in [-0.4, -0.2) is 50.1 Å². The van der Waals surface area contributed by atoms with Crippen molar-refractivity contribution >= 4 is 51.4 Å². The van der Waals surface area contributed by atoms with Crippen molar-refractivity contribution in [2.45, 2.75) is 26.7 Å². The molecule has 0 atom stereocenters. The van der Waals surface area contributed by atoms with Crippen LogP contribution in [0.25, 0.3) is 0 Å². The Morgan fingerprint density at radius 2 is 1.74 bits per heavy atom. The number of amides is 1. The first-order valence-electron chi connectivity index (χ1n) is 9.46. The maximum Gasteiger partial charge on any atom is 0.307 e. The normalized spacial score (nSPS) is 10.7. The number of aromatic nitrogens is 1. The molecule has 0 aliphatic carbocycles. The molecule has 1 amide bonds. The number of azo groups is 1. The fourth-order valence-electron chi connectivity index (χ4n) is 2.61. The Kier molecular flexibility index (Phi) is 9.07. The number of nitrogens with one attached hydrogen (secondary N) is 1. The van der Waals surface area contributed by atoms with Crippen molar-refractivity contribution in [1.29, 1.82) is 0 Å². The molecule has 0 spiro atoms. The minimum absolute atomic E-state index is 0.137. The van der Waals surface area contributed by atoms with Gasteiger partial charge in [0, 0.05) is 31.1 Å². The lowest BCUT2D eigenvalue weighted by molar-refractivity contribution is -0.140. The average molecular weight is 448 g/mol. The van der Waals surface area contributed by atoms with E-state index in [0.717, 1.165) is 5.69 Å². The Hall–Kier alpha value is -3.34. The number of nitrogens with zero attached hydrogens (tertiary/aromatic N) is 4. The number of carbonyl (C=O) groups excluding carboxylic acids is 3. The number of anilines is 2. The van der Waals surface area contributed by atoms with Crippen LogP contribution in [0.2, 0.25) is 0 Å². The molecule has 0 saturated heterocycles. The average Bonchev–Trinajstić information content (AvgIpc) is 3.17. The number of benzene rings is 1. The topological polar surface area (TPSA) is 123 Å². The molecule has 10 nitrogen and oxygen atoms in total. The first-order valence-corrected chi connectivity index (χ1v) is 10.3. The molecule has 0 unspecified atom stereocenters. The van der Waals surface area contributed by atoms with Gasteiger partial charge in [0.15, 0.2) is 0 Å². The Balaban J connectivity index is 2.31. The summed E-state index contributed by atoms with van der Waals surface area (Å²) in [4.78, 5) is 41.0. The second kappa shape index (κ2) is 11.7. The largest absolute Gasteiger partial charge is 0.469 e. The highest BCUT2D eigenvalue weighted by atomic mass is 32.1. The van der Waals surface area contributed by atoms with Gasteiger partial charge in [-0.15, -0.1) is 21.6 Å². The second-order valence-electron chi connectivity index (χ2n) is 6.49. The van der Waals surface area contributed by atoms with Crippen LogP contribution >= 0.6 is 11.3 Å². The van der Waals surface area contributed by atoms with Crippen molar-refractivity contribution in [3.05, 3.63) is 29.3 Å². The van der Waals surface area contributed by atoms with Crippen molar-refractivity contribution in [3.8, 4) is 0 Å². The molecule has 1 aromatic heterocycles. The minimum Gasteiger partial charge on any atom is -0.469 e. The maximum absolute atomic E-state index is 11.7. The highest BCUT2D eigenvalue weighted by Crippen LogP contribution is 2.32. The van der Waals surface area contributed by atoms with Crippen LogP contribution in [0.1, 0.15) is 25.5 Å². The van der Waals surface area contributed by atoms with Crippen LogP contribution in [-0.2, 0) is 23.9 Å². The summed E-state index contributed by atoms with van der Waals surface area (Å²) >= 11 is 1.36. The number of carbonyl (C=O) groups is 3. The van der Waals surface area contributed by atoms with Crippen LogP contribution in [0.4, 0.5) is 22.2 Å². The van der Waals surface area contributed by atoms with E-state index >= 15 is 0 Å². The van der Waals surface area contributed by atoms with Crippen molar-refractivity contribution in [2.24, 2.45) is 10.2 Å². The van der Waals surface area contributed by atoms with E-state index in [1.807, 2.05) is 17.2 Å². The molecule has 0 bridgehead atoms. The molecular weight excluding hydrogens is 422 g/mol. The van der Waals surface area contributed by atoms with E-state index in [4.69, 9.17) is 9.47 Å². The highest BCUT2D eigenvalue weighted by Gasteiger charge is 2.15. The number of rotatable bonds is 10. The van der Waals surface area contributed by atoms with E-state index in [1.54, 1.807) is 18.2 Å². The summed E-state index contributed by atoms with van der Waals surface area (Å²) in [6.45, 7) is 3.90. The van der Waals surface area contributed by atoms with Gasteiger partial charge in [-0.2, -0.15) is 0 Å². The number of hydrogen-bond acceptors (Lipinski definition) is 10. The Bertz CT molecular complexity index is 939. The number of hydrogen-bond donors (Lipinski definition) is 1. The molecule has 0 aliphatic rings. The lowest BCUT2D eigenvalue weighted by Gasteiger charge is -2.25. The van der Waals surface area contributed by atoms with Crippen molar-refractivity contribution in [1.82, 2.24) is 4.98 Å².